The average Bonchev–Trinajstić information content (AvgIpc) is 2.77. The first-order valence-corrected chi connectivity index (χ1v) is 6.70. The van der Waals surface area contributed by atoms with Crippen molar-refractivity contribution in [3.05, 3.63) is 12.4 Å². The molecule has 19 heavy (non-hydrogen) atoms. The van der Waals surface area contributed by atoms with Gasteiger partial charge in [0.2, 0.25) is 5.91 Å². The van der Waals surface area contributed by atoms with E-state index in [-0.39, 0.29) is 17.9 Å². The summed E-state index contributed by atoms with van der Waals surface area (Å²) in [5.41, 5.74) is 6.35. The van der Waals surface area contributed by atoms with Gasteiger partial charge in [-0.25, -0.2) is 0 Å². The fraction of sp³-hybridized carbons (Fsp3) is 0.692. The van der Waals surface area contributed by atoms with Crippen LogP contribution in [0.15, 0.2) is 12.4 Å². The lowest BCUT2D eigenvalue weighted by Crippen LogP contribution is -2.44. The number of amides is 1. The molecule has 1 saturated heterocycles. The first kappa shape index (κ1) is 13.9. The number of hydrogen-bond acceptors (Lipinski definition) is 4. The molecule has 0 saturated carbocycles. The zero-order valence-electron chi connectivity index (χ0n) is 11.7. The summed E-state index contributed by atoms with van der Waals surface area (Å²) < 4.78 is 1.56. The van der Waals surface area contributed by atoms with Crippen molar-refractivity contribution in [3.8, 4) is 0 Å². The Morgan fingerprint density at radius 1 is 1.53 bits per heavy atom. The van der Waals surface area contributed by atoms with E-state index in [2.05, 4.69) is 29.3 Å². The molecule has 1 aliphatic rings. The van der Waals surface area contributed by atoms with Crippen molar-refractivity contribution in [1.82, 2.24) is 20.0 Å². The molecule has 1 fully saturated rings. The number of rotatable bonds is 4. The Morgan fingerprint density at radius 3 is 2.79 bits per heavy atom. The van der Waals surface area contributed by atoms with E-state index >= 15 is 0 Å². The summed E-state index contributed by atoms with van der Waals surface area (Å²) in [5, 5.41) is 7.01. The van der Waals surface area contributed by atoms with Crippen LogP contribution in [0.25, 0.3) is 0 Å². The minimum atomic E-state index is -0.0109. The molecule has 0 aliphatic carbocycles. The van der Waals surface area contributed by atoms with Gasteiger partial charge in [0, 0.05) is 12.7 Å². The van der Waals surface area contributed by atoms with Crippen molar-refractivity contribution >= 4 is 11.6 Å². The Morgan fingerprint density at radius 2 is 2.21 bits per heavy atom. The third-order valence-corrected chi connectivity index (χ3v) is 3.87. The van der Waals surface area contributed by atoms with Gasteiger partial charge in [-0.3, -0.25) is 9.48 Å². The molecule has 106 valence electrons. The van der Waals surface area contributed by atoms with E-state index in [1.807, 2.05) is 0 Å². The number of anilines is 1. The summed E-state index contributed by atoms with van der Waals surface area (Å²) >= 11 is 0. The Bertz CT molecular complexity index is 434. The van der Waals surface area contributed by atoms with Crippen LogP contribution in [0.5, 0.6) is 0 Å². The van der Waals surface area contributed by atoms with E-state index in [1.54, 1.807) is 17.1 Å². The molecule has 1 aliphatic heterocycles. The van der Waals surface area contributed by atoms with Crippen LogP contribution < -0.4 is 11.1 Å². The molecule has 2 rings (SSSR count). The highest BCUT2D eigenvalue weighted by Crippen LogP contribution is 2.29. The quantitative estimate of drug-likeness (QED) is 0.821. The summed E-state index contributed by atoms with van der Waals surface area (Å²) in [6, 6.07) is 0. The van der Waals surface area contributed by atoms with E-state index in [4.69, 9.17) is 5.73 Å². The number of aromatic nitrogens is 2. The van der Waals surface area contributed by atoms with Gasteiger partial charge in [0.15, 0.2) is 0 Å². The number of piperidine rings is 1. The molecule has 0 aromatic carbocycles. The molecule has 0 atom stereocenters. The largest absolute Gasteiger partial charge is 0.396 e. The highest BCUT2D eigenvalue weighted by atomic mass is 16.2. The van der Waals surface area contributed by atoms with Gasteiger partial charge in [0.05, 0.1) is 11.9 Å². The van der Waals surface area contributed by atoms with Crippen molar-refractivity contribution < 1.29 is 4.79 Å². The van der Waals surface area contributed by atoms with Gasteiger partial charge in [-0.05, 0) is 38.4 Å². The first-order chi connectivity index (χ1) is 8.97. The maximum Gasteiger partial charge on any atom is 0.241 e. The predicted octanol–water partition coefficient (Wildman–Crippen LogP) is 0.313. The van der Waals surface area contributed by atoms with Crippen LogP contribution in [-0.2, 0) is 11.3 Å². The van der Waals surface area contributed by atoms with Gasteiger partial charge in [0.25, 0.3) is 0 Å². The Kier molecular flexibility index (Phi) is 4.09. The molecule has 0 radical (unpaired) electrons. The van der Waals surface area contributed by atoms with Crippen LogP contribution in [0.1, 0.15) is 19.8 Å². The van der Waals surface area contributed by atoms with Crippen molar-refractivity contribution in [3.63, 3.8) is 0 Å². The molecule has 6 nitrogen and oxygen atoms in total. The van der Waals surface area contributed by atoms with E-state index in [0.29, 0.717) is 5.69 Å². The van der Waals surface area contributed by atoms with Crippen LogP contribution >= 0.6 is 0 Å². The first-order valence-electron chi connectivity index (χ1n) is 6.70. The Balaban J connectivity index is 1.77. The predicted molar refractivity (Wildman–Crippen MR) is 74.5 cm³/mol. The van der Waals surface area contributed by atoms with Gasteiger partial charge < -0.3 is 16.0 Å². The van der Waals surface area contributed by atoms with E-state index in [9.17, 15) is 4.79 Å². The number of likely N-dealkylation sites (tertiary alicyclic amines) is 1. The van der Waals surface area contributed by atoms with Crippen LogP contribution in [-0.4, -0.2) is 47.3 Å². The summed E-state index contributed by atoms with van der Waals surface area (Å²) in [5.74, 6) is -0.0109. The lowest BCUT2D eigenvalue weighted by molar-refractivity contribution is -0.122. The molecular formula is C13H23N5O. The maximum absolute atomic E-state index is 11.8. The third kappa shape index (κ3) is 3.96. The molecule has 1 aromatic heterocycles. The van der Waals surface area contributed by atoms with Gasteiger partial charge in [-0.1, -0.05) is 6.92 Å². The SMILES string of the molecule is CN1CCC(C)(CNC(=O)Cn2cc(N)cn2)CC1. The van der Waals surface area contributed by atoms with Crippen LogP contribution in [0, 0.1) is 5.41 Å². The number of nitrogens with two attached hydrogens (primary N) is 1. The number of nitrogens with zero attached hydrogens (tertiary/aromatic N) is 3. The molecule has 3 N–H and O–H groups in total. The summed E-state index contributed by atoms with van der Waals surface area (Å²) in [7, 11) is 2.14. The molecule has 0 bridgehead atoms. The Hall–Kier alpha value is -1.56. The normalized spacial score (nSPS) is 19.3. The summed E-state index contributed by atoms with van der Waals surface area (Å²) in [4.78, 5) is 14.2. The van der Waals surface area contributed by atoms with Crippen LogP contribution in [0.4, 0.5) is 5.69 Å². The van der Waals surface area contributed by atoms with E-state index in [0.717, 1.165) is 32.5 Å². The summed E-state index contributed by atoms with van der Waals surface area (Å²) in [6.07, 6.45) is 5.46. The van der Waals surface area contributed by atoms with Crippen molar-refractivity contribution in [2.24, 2.45) is 5.41 Å². The van der Waals surface area contributed by atoms with Crippen molar-refractivity contribution in [1.29, 1.82) is 0 Å². The van der Waals surface area contributed by atoms with E-state index in [1.165, 1.54) is 0 Å². The third-order valence-electron chi connectivity index (χ3n) is 3.87. The van der Waals surface area contributed by atoms with Crippen molar-refractivity contribution in [2.75, 3.05) is 32.4 Å². The zero-order chi connectivity index (χ0) is 13.9. The lowest BCUT2D eigenvalue weighted by Gasteiger charge is -2.37. The van der Waals surface area contributed by atoms with Gasteiger partial charge >= 0.3 is 0 Å². The molecule has 0 unspecified atom stereocenters. The van der Waals surface area contributed by atoms with E-state index < -0.39 is 0 Å². The molecule has 2 heterocycles. The van der Waals surface area contributed by atoms with Crippen LogP contribution in [0.2, 0.25) is 0 Å². The molecule has 1 amide bonds. The highest BCUT2D eigenvalue weighted by molar-refractivity contribution is 5.75. The Labute approximate surface area is 113 Å². The second-order valence-corrected chi connectivity index (χ2v) is 5.86. The average molecular weight is 265 g/mol. The number of nitrogens with one attached hydrogen (secondary N) is 1. The second-order valence-electron chi connectivity index (χ2n) is 5.86. The second kappa shape index (κ2) is 5.61. The molecular weight excluding hydrogens is 242 g/mol. The topological polar surface area (TPSA) is 76.2 Å². The molecule has 0 spiro atoms. The monoisotopic (exact) mass is 265 g/mol. The standard InChI is InChI=1S/C13H23N5O/c1-13(3-5-17(2)6-4-13)10-15-12(19)9-18-8-11(14)7-16-18/h7-8H,3-6,9-10,14H2,1-2H3,(H,15,19). The fourth-order valence-electron chi connectivity index (χ4n) is 2.32. The zero-order valence-corrected chi connectivity index (χ0v) is 11.7. The molecule has 1 aromatic rings. The molecule has 6 heteroatoms. The number of carbonyl (C=O) groups excluding carboxylic acids is 1. The van der Waals surface area contributed by atoms with Gasteiger partial charge in [-0.2, -0.15) is 5.10 Å². The number of hydrogen-bond donors (Lipinski definition) is 2. The fourth-order valence-corrected chi connectivity index (χ4v) is 2.32. The van der Waals surface area contributed by atoms with Crippen molar-refractivity contribution in [2.45, 2.75) is 26.3 Å². The van der Waals surface area contributed by atoms with Gasteiger partial charge in [0.1, 0.15) is 6.54 Å². The number of nitrogen functional groups attached to an aromatic ring is 1. The smallest absolute Gasteiger partial charge is 0.241 e. The summed E-state index contributed by atoms with van der Waals surface area (Å²) in [6.45, 7) is 5.40. The highest BCUT2D eigenvalue weighted by Gasteiger charge is 2.29. The number of carbonyl (C=O) groups is 1. The maximum atomic E-state index is 11.8. The lowest BCUT2D eigenvalue weighted by atomic mass is 9.80. The minimum Gasteiger partial charge on any atom is -0.396 e. The van der Waals surface area contributed by atoms with Gasteiger partial charge in [-0.15, -0.1) is 0 Å². The minimum absolute atomic E-state index is 0.0109. The van der Waals surface area contributed by atoms with Crippen LogP contribution in [0.3, 0.4) is 0 Å².